The first kappa shape index (κ1) is 17.7. The number of benzene rings is 1. The van der Waals surface area contributed by atoms with Gasteiger partial charge in [0.2, 0.25) is 0 Å². The SMILES string of the molecule is C=C(Nc1cccc(C)c1C#CCC)/C(F)=C\C(=C)C(N)N. The van der Waals surface area contributed by atoms with Crippen molar-refractivity contribution in [3.05, 3.63) is 65.7 Å². The summed E-state index contributed by atoms with van der Waals surface area (Å²) < 4.78 is 14.1. The first-order chi connectivity index (χ1) is 10.4. The molecule has 0 radical (unpaired) electrons. The fourth-order valence-electron chi connectivity index (χ4n) is 1.68. The highest BCUT2D eigenvalue weighted by Gasteiger charge is 2.08. The van der Waals surface area contributed by atoms with Crippen molar-refractivity contribution in [3.8, 4) is 11.8 Å². The summed E-state index contributed by atoms with van der Waals surface area (Å²) in [4.78, 5) is 0. The molecule has 0 fully saturated rings. The van der Waals surface area contributed by atoms with Crippen LogP contribution in [0.15, 0.2) is 54.5 Å². The van der Waals surface area contributed by atoms with Crippen molar-refractivity contribution in [2.24, 2.45) is 11.5 Å². The highest BCUT2D eigenvalue weighted by atomic mass is 19.1. The molecule has 0 saturated heterocycles. The van der Waals surface area contributed by atoms with Gasteiger partial charge in [-0.15, -0.1) is 0 Å². The number of nitrogens with one attached hydrogen (secondary N) is 1. The van der Waals surface area contributed by atoms with Crippen molar-refractivity contribution in [2.45, 2.75) is 26.4 Å². The number of hydrogen-bond donors (Lipinski definition) is 3. The van der Waals surface area contributed by atoms with Crippen LogP contribution in [0.2, 0.25) is 0 Å². The summed E-state index contributed by atoms with van der Waals surface area (Å²) in [6.07, 6.45) is 1.12. The minimum atomic E-state index is -0.802. The van der Waals surface area contributed by atoms with Gasteiger partial charge in [0.1, 0.15) is 5.83 Å². The fraction of sp³-hybridized carbons (Fsp3) is 0.222. The van der Waals surface area contributed by atoms with E-state index in [2.05, 4.69) is 30.3 Å². The molecule has 0 aliphatic carbocycles. The van der Waals surface area contributed by atoms with Crippen molar-refractivity contribution >= 4 is 5.69 Å². The second kappa shape index (κ2) is 8.18. The molecule has 22 heavy (non-hydrogen) atoms. The molecule has 0 saturated carbocycles. The molecule has 0 atom stereocenters. The van der Waals surface area contributed by atoms with E-state index < -0.39 is 12.0 Å². The molecule has 1 aromatic rings. The standard InChI is InChI=1S/C18H22FN3/c1-5-6-9-15-12(2)8-7-10-17(15)22-14(4)16(19)11-13(3)18(20)21/h7-8,10-11,18,22H,3-5,20-21H2,1-2H3/b16-11+. The van der Waals surface area contributed by atoms with E-state index in [1.165, 1.54) is 6.08 Å². The van der Waals surface area contributed by atoms with E-state index in [1.54, 1.807) is 0 Å². The van der Waals surface area contributed by atoms with E-state index >= 15 is 0 Å². The Morgan fingerprint density at radius 1 is 1.41 bits per heavy atom. The van der Waals surface area contributed by atoms with Gasteiger partial charge in [0.05, 0.1) is 23.1 Å². The second-order valence-electron chi connectivity index (χ2n) is 4.85. The van der Waals surface area contributed by atoms with Crippen LogP contribution in [0.5, 0.6) is 0 Å². The quantitative estimate of drug-likeness (QED) is 0.444. The van der Waals surface area contributed by atoms with E-state index in [-0.39, 0.29) is 11.3 Å². The first-order valence-electron chi connectivity index (χ1n) is 6.98. The summed E-state index contributed by atoms with van der Waals surface area (Å²) >= 11 is 0. The average molecular weight is 299 g/mol. The maximum absolute atomic E-state index is 14.1. The monoisotopic (exact) mass is 299 g/mol. The van der Waals surface area contributed by atoms with Crippen LogP contribution in [-0.2, 0) is 0 Å². The number of allylic oxidation sites excluding steroid dienone is 1. The Morgan fingerprint density at radius 3 is 2.68 bits per heavy atom. The van der Waals surface area contributed by atoms with Crippen molar-refractivity contribution in [1.82, 2.24) is 0 Å². The molecule has 3 nitrogen and oxygen atoms in total. The van der Waals surface area contributed by atoms with Crippen molar-refractivity contribution in [2.75, 3.05) is 5.32 Å². The van der Waals surface area contributed by atoms with E-state index in [1.807, 2.05) is 32.0 Å². The Bertz CT molecular complexity index is 661. The summed E-state index contributed by atoms with van der Waals surface area (Å²) in [5.74, 6) is 5.53. The van der Waals surface area contributed by atoms with E-state index in [0.717, 1.165) is 17.5 Å². The lowest BCUT2D eigenvalue weighted by atomic mass is 10.1. The summed E-state index contributed by atoms with van der Waals surface area (Å²) in [6.45, 7) is 11.2. The molecule has 0 unspecified atom stereocenters. The molecule has 1 aromatic carbocycles. The van der Waals surface area contributed by atoms with E-state index in [4.69, 9.17) is 11.5 Å². The zero-order valence-corrected chi connectivity index (χ0v) is 13.0. The molecule has 0 heterocycles. The summed E-state index contributed by atoms with van der Waals surface area (Å²) in [5, 5.41) is 2.94. The Hall–Kier alpha value is -2.35. The molecule has 116 valence electrons. The Balaban J connectivity index is 3.03. The van der Waals surface area contributed by atoms with Crippen LogP contribution < -0.4 is 16.8 Å². The van der Waals surface area contributed by atoms with Gasteiger partial charge in [-0.1, -0.05) is 44.1 Å². The third kappa shape index (κ3) is 4.88. The maximum Gasteiger partial charge on any atom is 0.146 e. The molecule has 0 spiro atoms. The summed E-state index contributed by atoms with van der Waals surface area (Å²) in [7, 11) is 0. The van der Waals surface area contributed by atoms with Gasteiger partial charge in [0, 0.05) is 6.42 Å². The summed E-state index contributed by atoms with van der Waals surface area (Å²) in [5.41, 5.74) is 13.8. The normalized spacial score (nSPS) is 10.9. The van der Waals surface area contributed by atoms with Gasteiger partial charge in [-0.05, 0) is 30.2 Å². The van der Waals surface area contributed by atoms with Crippen LogP contribution in [0.25, 0.3) is 0 Å². The van der Waals surface area contributed by atoms with Crippen molar-refractivity contribution in [1.29, 1.82) is 0 Å². The van der Waals surface area contributed by atoms with Crippen molar-refractivity contribution < 1.29 is 4.39 Å². The number of anilines is 1. The van der Waals surface area contributed by atoms with Gasteiger partial charge >= 0.3 is 0 Å². The highest BCUT2D eigenvalue weighted by Crippen LogP contribution is 2.22. The summed E-state index contributed by atoms with van der Waals surface area (Å²) in [6, 6.07) is 5.65. The second-order valence-corrected chi connectivity index (χ2v) is 4.85. The topological polar surface area (TPSA) is 64.1 Å². The van der Waals surface area contributed by atoms with Crippen LogP contribution in [0, 0.1) is 18.8 Å². The zero-order valence-electron chi connectivity index (χ0n) is 13.0. The molecule has 1 rings (SSSR count). The molecular formula is C18H22FN3. The number of hydrogen-bond acceptors (Lipinski definition) is 3. The molecule has 0 aliphatic rings. The van der Waals surface area contributed by atoms with Crippen molar-refractivity contribution in [3.63, 3.8) is 0 Å². The smallest absolute Gasteiger partial charge is 0.146 e. The Labute approximate surface area is 131 Å². The molecule has 0 aliphatic heterocycles. The molecular weight excluding hydrogens is 277 g/mol. The number of halogens is 1. The van der Waals surface area contributed by atoms with Gasteiger partial charge in [-0.25, -0.2) is 4.39 Å². The van der Waals surface area contributed by atoms with Crippen LogP contribution in [0.4, 0.5) is 10.1 Å². The van der Waals surface area contributed by atoms with Crippen LogP contribution in [0.1, 0.15) is 24.5 Å². The molecule has 5 N–H and O–H groups in total. The minimum Gasteiger partial charge on any atom is -0.353 e. The maximum atomic E-state index is 14.1. The molecule has 0 bridgehead atoms. The lowest BCUT2D eigenvalue weighted by Crippen LogP contribution is -2.31. The lowest BCUT2D eigenvalue weighted by Gasteiger charge is -2.12. The number of nitrogens with two attached hydrogens (primary N) is 2. The third-order valence-corrected chi connectivity index (χ3v) is 2.98. The predicted octanol–water partition coefficient (Wildman–Crippen LogP) is 3.34. The van der Waals surface area contributed by atoms with Gasteiger partial charge in [0.15, 0.2) is 0 Å². The van der Waals surface area contributed by atoms with Gasteiger partial charge in [-0.3, -0.25) is 0 Å². The first-order valence-corrected chi connectivity index (χ1v) is 6.98. The van der Waals surface area contributed by atoms with Crippen LogP contribution >= 0.6 is 0 Å². The van der Waals surface area contributed by atoms with Crippen LogP contribution in [-0.4, -0.2) is 6.17 Å². The largest absolute Gasteiger partial charge is 0.353 e. The van der Waals surface area contributed by atoms with Gasteiger partial charge < -0.3 is 16.8 Å². The van der Waals surface area contributed by atoms with Crippen LogP contribution in [0.3, 0.4) is 0 Å². The molecule has 4 heteroatoms. The van der Waals surface area contributed by atoms with E-state index in [0.29, 0.717) is 5.69 Å². The van der Waals surface area contributed by atoms with E-state index in [9.17, 15) is 4.39 Å². The lowest BCUT2D eigenvalue weighted by molar-refractivity contribution is 0.650. The predicted molar refractivity (Wildman–Crippen MR) is 91.6 cm³/mol. The minimum absolute atomic E-state index is 0.104. The van der Waals surface area contributed by atoms with Gasteiger partial charge in [-0.2, -0.15) is 0 Å². The molecule has 0 amide bonds. The highest BCUT2D eigenvalue weighted by molar-refractivity contribution is 5.65. The molecule has 0 aromatic heterocycles. The Morgan fingerprint density at radius 2 is 2.09 bits per heavy atom. The average Bonchev–Trinajstić information content (AvgIpc) is 2.46. The Kier molecular flexibility index (Phi) is 6.58. The zero-order chi connectivity index (χ0) is 16.7. The number of aryl methyl sites for hydroxylation is 1. The van der Waals surface area contributed by atoms with Gasteiger partial charge in [0.25, 0.3) is 0 Å². The number of rotatable bonds is 5. The third-order valence-electron chi connectivity index (χ3n) is 2.98. The fourth-order valence-corrected chi connectivity index (χ4v) is 1.68.